The van der Waals surface area contributed by atoms with Crippen molar-refractivity contribution >= 4 is 12.0 Å². The average molecular weight is 428 g/mol. The third-order valence-corrected chi connectivity index (χ3v) is 5.01. The van der Waals surface area contributed by atoms with E-state index in [0.717, 1.165) is 12.3 Å². The number of amides is 1. The van der Waals surface area contributed by atoms with Crippen LogP contribution >= 0.6 is 0 Å². The van der Waals surface area contributed by atoms with Gasteiger partial charge in [-0.2, -0.15) is 18.2 Å². The average Bonchev–Trinajstić information content (AvgIpc) is 3.16. The summed E-state index contributed by atoms with van der Waals surface area (Å²) < 4.78 is 43.9. The summed E-state index contributed by atoms with van der Waals surface area (Å²) in [5, 5.41) is 15.6. The summed E-state index contributed by atoms with van der Waals surface area (Å²) >= 11 is 0. The van der Waals surface area contributed by atoms with Gasteiger partial charge in [0.1, 0.15) is 5.69 Å². The van der Waals surface area contributed by atoms with E-state index in [4.69, 9.17) is 4.52 Å². The molecule has 1 aliphatic heterocycles. The first kappa shape index (κ1) is 21.8. The fourth-order valence-corrected chi connectivity index (χ4v) is 3.44. The summed E-state index contributed by atoms with van der Waals surface area (Å²) in [4.78, 5) is 24.8. The molecule has 1 atom stereocenters. The highest BCUT2D eigenvalue weighted by Crippen LogP contribution is 2.30. The molecule has 0 spiro atoms. The van der Waals surface area contributed by atoms with Gasteiger partial charge in [-0.1, -0.05) is 19.0 Å². The number of alkyl halides is 3. The number of carbonyl (C=O) groups is 1. The van der Waals surface area contributed by atoms with E-state index in [9.17, 15) is 23.1 Å². The summed E-state index contributed by atoms with van der Waals surface area (Å²) in [5.41, 5.74) is -0.988. The molecular formula is C18H23F3N6O3. The zero-order valence-electron chi connectivity index (χ0n) is 16.6. The molecule has 2 aromatic rings. The number of nitrogens with one attached hydrogen (secondary N) is 1. The van der Waals surface area contributed by atoms with Crippen molar-refractivity contribution in [2.75, 3.05) is 18.0 Å². The Morgan fingerprint density at radius 1 is 1.33 bits per heavy atom. The van der Waals surface area contributed by atoms with Crippen molar-refractivity contribution < 1.29 is 27.6 Å². The molecule has 3 heterocycles. The van der Waals surface area contributed by atoms with Crippen LogP contribution in [0.3, 0.4) is 0 Å². The van der Waals surface area contributed by atoms with Gasteiger partial charge in [0.05, 0.1) is 0 Å². The van der Waals surface area contributed by atoms with Crippen LogP contribution in [0.4, 0.5) is 23.9 Å². The summed E-state index contributed by atoms with van der Waals surface area (Å²) in [6, 6.07) is 0.393. The van der Waals surface area contributed by atoms with E-state index in [2.05, 4.69) is 25.4 Å². The molecule has 0 saturated carbocycles. The second-order valence-corrected chi connectivity index (χ2v) is 7.53. The number of rotatable bonds is 6. The van der Waals surface area contributed by atoms with E-state index in [-0.39, 0.29) is 24.2 Å². The molecule has 2 N–H and O–H groups in total. The smallest absolute Gasteiger partial charge is 0.433 e. The van der Waals surface area contributed by atoms with Crippen LogP contribution in [0.25, 0.3) is 0 Å². The lowest BCUT2D eigenvalue weighted by Gasteiger charge is -2.35. The normalized spacial score (nSPS) is 16.7. The Bertz CT molecular complexity index is 865. The number of hydrogen-bond donors (Lipinski definition) is 2. The molecule has 30 heavy (non-hydrogen) atoms. The lowest BCUT2D eigenvalue weighted by molar-refractivity contribution is -0.141. The molecule has 164 valence electrons. The molecule has 0 aliphatic carbocycles. The number of hydrogen-bond acceptors (Lipinski definition) is 7. The highest BCUT2D eigenvalue weighted by atomic mass is 19.4. The van der Waals surface area contributed by atoms with Gasteiger partial charge in [-0.15, -0.1) is 0 Å². The molecule has 1 aliphatic rings. The number of carboxylic acid groups (broad SMARTS) is 1. The van der Waals surface area contributed by atoms with Crippen LogP contribution in [-0.2, 0) is 12.6 Å². The highest BCUT2D eigenvalue weighted by Gasteiger charge is 2.34. The molecule has 0 radical (unpaired) electrons. The second kappa shape index (κ2) is 8.84. The van der Waals surface area contributed by atoms with E-state index in [0.29, 0.717) is 37.6 Å². The molecule has 1 amide bonds. The molecule has 1 unspecified atom stereocenters. The van der Waals surface area contributed by atoms with Crippen LogP contribution in [0.5, 0.6) is 0 Å². The summed E-state index contributed by atoms with van der Waals surface area (Å²) in [7, 11) is 0. The first-order chi connectivity index (χ1) is 14.1. The molecule has 1 fully saturated rings. The van der Waals surface area contributed by atoms with E-state index in [1.807, 2.05) is 13.8 Å². The van der Waals surface area contributed by atoms with Crippen molar-refractivity contribution in [1.29, 1.82) is 0 Å². The van der Waals surface area contributed by atoms with E-state index < -0.39 is 24.0 Å². The number of nitrogens with zero attached hydrogens (tertiary/aromatic N) is 5. The Morgan fingerprint density at radius 2 is 2.03 bits per heavy atom. The van der Waals surface area contributed by atoms with Gasteiger partial charge in [0.25, 0.3) is 0 Å². The summed E-state index contributed by atoms with van der Waals surface area (Å²) in [6.45, 7) is 4.65. The maximum absolute atomic E-state index is 12.9. The van der Waals surface area contributed by atoms with Crippen LogP contribution in [0, 0.1) is 5.92 Å². The lowest BCUT2D eigenvalue weighted by Crippen LogP contribution is -2.46. The maximum atomic E-state index is 12.9. The topological polar surface area (TPSA) is 117 Å². The van der Waals surface area contributed by atoms with E-state index >= 15 is 0 Å². The Kier molecular flexibility index (Phi) is 6.42. The molecule has 1 saturated heterocycles. The van der Waals surface area contributed by atoms with Crippen LogP contribution in [0.15, 0.2) is 16.8 Å². The van der Waals surface area contributed by atoms with Crippen LogP contribution in [0.2, 0.25) is 0 Å². The lowest BCUT2D eigenvalue weighted by atomic mass is 9.87. The second-order valence-electron chi connectivity index (χ2n) is 7.53. The predicted molar refractivity (Wildman–Crippen MR) is 99.0 cm³/mol. The van der Waals surface area contributed by atoms with Gasteiger partial charge in [-0.3, -0.25) is 0 Å². The standard InChI is InChI=1S/C18H23F3N6O3/c1-10(2)15-25-14(26-30-15)9-12(23-17(28)29)11-4-7-27(8-5-11)16-22-6-3-13(24-16)18(19,20)21/h3,6,10-12,23H,4-5,7-9H2,1-2H3,(H,28,29). The van der Waals surface area contributed by atoms with Crippen molar-refractivity contribution in [2.45, 2.75) is 51.2 Å². The SMILES string of the molecule is CC(C)c1nc(CC(NC(=O)O)C2CCN(c3nccc(C(F)(F)F)n3)CC2)no1. The number of piperidine rings is 1. The molecule has 2 aromatic heterocycles. The molecule has 12 heteroatoms. The number of anilines is 1. The number of halogens is 3. The van der Waals surface area contributed by atoms with Crippen LogP contribution in [-0.4, -0.2) is 50.4 Å². The third-order valence-electron chi connectivity index (χ3n) is 5.01. The molecular weight excluding hydrogens is 405 g/mol. The van der Waals surface area contributed by atoms with Crippen LogP contribution in [0.1, 0.15) is 50.0 Å². The fourth-order valence-electron chi connectivity index (χ4n) is 3.44. The Hall–Kier alpha value is -2.92. The van der Waals surface area contributed by atoms with Gasteiger partial charge < -0.3 is 19.8 Å². The van der Waals surface area contributed by atoms with Crippen molar-refractivity contribution in [3.63, 3.8) is 0 Å². The largest absolute Gasteiger partial charge is 0.465 e. The van der Waals surface area contributed by atoms with Crippen molar-refractivity contribution in [3.8, 4) is 0 Å². The maximum Gasteiger partial charge on any atom is 0.433 e. The zero-order chi connectivity index (χ0) is 21.9. The minimum Gasteiger partial charge on any atom is -0.465 e. The predicted octanol–water partition coefficient (Wildman–Crippen LogP) is 3.10. The van der Waals surface area contributed by atoms with Gasteiger partial charge in [-0.25, -0.2) is 14.8 Å². The number of aromatic nitrogens is 4. The van der Waals surface area contributed by atoms with Crippen molar-refractivity contribution in [1.82, 2.24) is 25.4 Å². The summed E-state index contributed by atoms with van der Waals surface area (Å²) in [6.07, 6.45) is -3.22. The van der Waals surface area contributed by atoms with Gasteiger partial charge in [0.15, 0.2) is 5.82 Å². The minimum absolute atomic E-state index is 0.0192. The fraction of sp³-hybridized carbons (Fsp3) is 0.611. The zero-order valence-corrected chi connectivity index (χ0v) is 16.6. The first-order valence-electron chi connectivity index (χ1n) is 9.60. The Labute approximate surface area is 170 Å². The molecule has 0 bridgehead atoms. The van der Waals surface area contributed by atoms with Gasteiger partial charge in [0, 0.05) is 37.7 Å². The van der Waals surface area contributed by atoms with Crippen molar-refractivity contribution in [2.24, 2.45) is 5.92 Å². The minimum atomic E-state index is -4.54. The monoisotopic (exact) mass is 428 g/mol. The third kappa shape index (κ3) is 5.36. The molecule has 9 nitrogen and oxygen atoms in total. The Balaban J connectivity index is 1.66. The van der Waals surface area contributed by atoms with Gasteiger partial charge in [-0.05, 0) is 24.8 Å². The van der Waals surface area contributed by atoms with Gasteiger partial charge >= 0.3 is 12.3 Å². The Morgan fingerprint density at radius 3 is 2.60 bits per heavy atom. The highest BCUT2D eigenvalue weighted by molar-refractivity contribution is 5.65. The first-order valence-corrected chi connectivity index (χ1v) is 9.60. The van der Waals surface area contributed by atoms with Crippen molar-refractivity contribution in [3.05, 3.63) is 29.7 Å². The van der Waals surface area contributed by atoms with Gasteiger partial charge in [0.2, 0.25) is 11.8 Å². The molecule has 0 aromatic carbocycles. The molecule has 3 rings (SSSR count). The van der Waals surface area contributed by atoms with Crippen LogP contribution < -0.4 is 10.2 Å². The quantitative estimate of drug-likeness (QED) is 0.721. The summed E-state index contributed by atoms with van der Waals surface area (Å²) in [5.74, 6) is 0.944. The van der Waals surface area contributed by atoms with E-state index in [1.54, 1.807) is 4.90 Å². The van der Waals surface area contributed by atoms with E-state index in [1.165, 1.54) is 0 Å².